The van der Waals surface area contributed by atoms with E-state index in [1.165, 1.54) is 62.8 Å². The monoisotopic (exact) mass is 688 g/mol. The zero-order valence-electron chi connectivity index (χ0n) is 24.6. The molecule has 0 spiro atoms. The van der Waals surface area contributed by atoms with Crippen molar-refractivity contribution in [3.8, 4) is 34.8 Å². The summed E-state index contributed by atoms with van der Waals surface area (Å²) in [6, 6.07) is 17.7. The van der Waals surface area contributed by atoms with Gasteiger partial charge in [0.25, 0.3) is 31.4 Å². The van der Waals surface area contributed by atoms with Crippen LogP contribution in [0.4, 0.5) is 22.7 Å². The van der Waals surface area contributed by atoms with Crippen LogP contribution in [0, 0.1) is 42.9 Å². The molecule has 18 heteroatoms. The fourth-order valence-corrected chi connectivity index (χ4v) is 7.23. The minimum Gasteiger partial charge on any atom is -0.497 e. The van der Waals surface area contributed by atoms with E-state index in [4.69, 9.17) is 9.47 Å². The summed E-state index contributed by atoms with van der Waals surface area (Å²) >= 11 is 0. The number of sulfonamides is 2. The molecule has 0 heterocycles. The Morgan fingerprint density at radius 2 is 1.02 bits per heavy atom. The minimum atomic E-state index is -4.59. The Bertz CT molecular complexity index is 2200. The maximum Gasteiger partial charge on any atom is 0.279 e. The predicted molar refractivity (Wildman–Crippen MR) is 170 cm³/mol. The molecule has 0 bridgehead atoms. The van der Waals surface area contributed by atoms with E-state index in [1.54, 1.807) is 12.1 Å². The van der Waals surface area contributed by atoms with Gasteiger partial charge in [-0.2, -0.15) is 10.5 Å². The highest BCUT2D eigenvalue weighted by Gasteiger charge is 2.41. The van der Waals surface area contributed by atoms with E-state index >= 15 is 0 Å². The molecule has 4 aromatic rings. The zero-order chi connectivity index (χ0) is 35.0. The first-order valence-corrected chi connectivity index (χ1v) is 16.3. The van der Waals surface area contributed by atoms with Crippen LogP contribution < -0.4 is 18.9 Å². The van der Waals surface area contributed by atoms with Crippen molar-refractivity contribution in [2.24, 2.45) is 0 Å². The summed E-state index contributed by atoms with van der Waals surface area (Å²) in [5.74, 6) is 0.836. The molecular formula is C30H20N6O10S2. The number of anilines is 2. The third-order valence-electron chi connectivity index (χ3n) is 7.14. The molecule has 4 aromatic carbocycles. The summed E-state index contributed by atoms with van der Waals surface area (Å²) in [6.45, 7) is 0. The molecule has 0 fully saturated rings. The van der Waals surface area contributed by atoms with Gasteiger partial charge in [0, 0.05) is 40.2 Å². The molecule has 2 N–H and O–H groups in total. The van der Waals surface area contributed by atoms with Crippen molar-refractivity contribution in [3.05, 3.63) is 110 Å². The highest BCUT2D eigenvalue weighted by atomic mass is 32.2. The molecule has 0 aromatic heterocycles. The number of rotatable bonds is 10. The molecule has 0 aliphatic heterocycles. The summed E-state index contributed by atoms with van der Waals surface area (Å²) in [7, 11) is -6.37. The van der Waals surface area contributed by atoms with E-state index in [2.05, 4.69) is 9.44 Å². The molecule has 48 heavy (non-hydrogen) atoms. The van der Waals surface area contributed by atoms with Gasteiger partial charge in [0.15, 0.2) is 0 Å². The predicted octanol–water partition coefficient (Wildman–Crippen LogP) is 4.95. The summed E-state index contributed by atoms with van der Waals surface area (Å²) in [4.78, 5) is 21.5. The third-order valence-corrected chi connectivity index (χ3v) is 9.86. The molecule has 0 unspecified atom stereocenters. The standard InChI is InChI=1S/C30H20N6O10S2/c1-45-20-7-3-18(4-8-20)33-47(41,42)22-11-24-28(17(15-31)16-32)25-12-23(48(43,44)34-19-5-9-21(46-2)10-6-19)14-27(36(39)40)30(25)29(24)26(13-22)35(37)38/h3-14,33-34H,1-2H3. The number of nitrogens with zero attached hydrogens (tertiary/aromatic N) is 4. The quantitative estimate of drug-likeness (QED) is 0.112. The Kier molecular flexibility index (Phi) is 8.47. The largest absolute Gasteiger partial charge is 0.497 e. The summed E-state index contributed by atoms with van der Waals surface area (Å²) in [6.07, 6.45) is 0. The van der Waals surface area contributed by atoms with Gasteiger partial charge in [-0.25, -0.2) is 16.8 Å². The lowest BCUT2D eigenvalue weighted by atomic mass is 9.99. The summed E-state index contributed by atoms with van der Waals surface area (Å²) in [5, 5.41) is 44.5. The van der Waals surface area contributed by atoms with E-state index in [-0.39, 0.29) is 22.5 Å². The van der Waals surface area contributed by atoms with E-state index in [9.17, 15) is 47.6 Å². The van der Waals surface area contributed by atoms with Crippen molar-refractivity contribution in [1.82, 2.24) is 0 Å². The molecule has 1 aliphatic carbocycles. The Labute approximate surface area is 272 Å². The Hall–Kier alpha value is -6.50. The maximum atomic E-state index is 13.5. The summed E-state index contributed by atoms with van der Waals surface area (Å²) in [5.41, 5.74) is -4.57. The SMILES string of the molecule is COc1ccc(NS(=O)(=O)c2cc3c(c([N+](=O)[O-])c2)-c2c(cc(S(=O)(=O)Nc4ccc(OC)cc4)cc2[N+](=O)[O-])C3=C(C#N)C#N)cc1. The van der Waals surface area contributed by atoms with Crippen molar-refractivity contribution in [3.63, 3.8) is 0 Å². The molecule has 0 saturated carbocycles. The van der Waals surface area contributed by atoms with Gasteiger partial charge in [0.1, 0.15) is 29.2 Å². The minimum absolute atomic E-state index is 0.0580. The first kappa shape index (κ1) is 32.9. The zero-order valence-corrected chi connectivity index (χ0v) is 26.2. The number of nitro groups is 2. The van der Waals surface area contributed by atoms with E-state index < -0.39 is 73.3 Å². The second-order valence-electron chi connectivity index (χ2n) is 9.89. The van der Waals surface area contributed by atoms with Gasteiger partial charge in [-0.05, 0) is 60.7 Å². The molecule has 0 atom stereocenters. The number of allylic oxidation sites excluding steroid dienone is 1. The van der Waals surface area contributed by atoms with Crippen molar-refractivity contribution < 1.29 is 36.2 Å². The van der Waals surface area contributed by atoms with Crippen molar-refractivity contribution in [1.29, 1.82) is 10.5 Å². The molecule has 0 saturated heterocycles. The molecule has 0 amide bonds. The van der Waals surface area contributed by atoms with Gasteiger partial charge < -0.3 is 9.47 Å². The number of hydrogen-bond donors (Lipinski definition) is 2. The van der Waals surface area contributed by atoms with Gasteiger partial charge in [0.2, 0.25) is 0 Å². The molecule has 242 valence electrons. The highest BCUT2D eigenvalue weighted by Crippen LogP contribution is 2.54. The molecule has 0 radical (unpaired) electrons. The van der Waals surface area contributed by atoms with Gasteiger partial charge in [-0.15, -0.1) is 0 Å². The molecule has 5 rings (SSSR count). The molecule has 1 aliphatic rings. The van der Waals surface area contributed by atoms with Gasteiger partial charge in [-0.1, -0.05) is 0 Å². The lowest BCUT2D eigenvalue weighted by molar-refractivity contribution is -0.386. The average molecular weight is 689 g/mol. The number of fused-ring (bicyclic) bond motifs is 3. The van der Waals surface area contributed by atoms with Crippen LogP contribution in [-0.2, 0) is 20.0 Å². The van der Waals surface area contributed by atoms with Crippen LogP contribution in [0.5, 0.6) is 11.5 Å². The van der Waals surface area contributed by atoms with Crippen LogP contribution >= 0.6 is 0 Å². The van der Waals surface area contributed by atoms with Crippen molar-refractivity contribution >= 4 is 48.4 Å². The van der Waals surface area contributed by atoms with Crippen LogP contribution in [0.25, 0.3) is 16.7 Å². The van der Waals surface area contributed by atoms with E-state index in [0.29, 0.717) is 23.6 Å². The van der Waals surface area contributed by atoms with Crippen LogP contribution in [0.2, 0.25) is 0 Å². The fraction of sp³-hybridized carbons (Fsp3) is 0.0667. The van der Waals surface area contributed by atoms with E-state index in [0.717, 1.165) is 12.1 Å². The van der Waals surface area contributed by atoms with Gasteiger partial charge in [-0.3, -0.25) is 29.7 Å². The van der Waals surface area contributed by atoms with E-state index in [1.807, 2.05) is 0 Å². The maximum absolute atomic E-state index is 13.5. The Morgan fingerprint density at radius 1 is 0.667 bits per heavy atom. The number of methoxy groups -OCH3 is 2. The summed E-state index contributed by atoms with van der Waals surface area (Å²) < 4.78 is 68.6. The Balaban J connectivity index is 1.76. The molecular weight excluding hydrogens is 668 g/mol. The average Bonchev–Trinajstić information content (AvgIpc) is 3.39. The lowest BCUT2D eigenvalue weighted by Crippen LogP contribution is -2.14. The first-order valence-electron chi connectivity index (χ1n) is 13.3. The lowest BCUT2D eigenvalue weighted by Gasteiger charge is -2.11. The van der Waals surface area contributed by atoms with Gasteiger partial charge in [0.05, 0.1) is 45.0 Å². The number of nitriles is 2. The van der Waals surface area contributed by atoms with Crippen molar-refractivity contribution in [2.75, 3.05) is 23.7 Å². The van der Waals surface area contributed by atoms with Crippen LogP contribution in [0.3, 0.4) is 0 Å². The second kappa shape index (κ2) is 12.4. The van der Waals surface area contributed by atoms with Crippen LogP contribution in [0.15, 0.2) is 88.2 Å². The topological polar surface area (TPSA) is 245 Å². The highest BCUT2D eigenvalue weighted by molar-refractivity contribution is 7.93. The number of hydrogen-bond acceptors (Lipinski definition) is 12. The number of benzene rings is 4. The van der Waals surface area contributed by atoms with Gasteiger partial charge >= 0.3 is 0 Å². The number of nitro benzene ring substituents is 2. The molecule has 16 nitrogen and oxygen atoms in total. The normalized spacial score (nSPS) is 11.7. The van der Waals surface area contributed by atoms with Crippen molar-refractivity contribution in [2.45, 2.75) is 9.79 Å². The second-order valence-corrected chi connectivity index (χ2v) is 13.3. The Morgan fingerprint density at radius 3 is 1.31 bits per heavy atom. The third kappa shape index (κ3) is 5.91. The number of ether oxygens (including phenoxy) is 2. The van der Waals surface area contributed by atoms with Crippen LogP contribution in [0.1, 0.15) is 11.1 Å². The fourth-order valence-electron chi connectivity index (χ4n) is 5.02. The number of nitrogens with one attached hydrogen (secondary N) is 2. The smallest absolute Gasteiger partial charge is 0.279 e. The first-order chi connectivity index (χ1) is 22.7. The van der Waals surface area contributed by atoms with Crippen LogP contribution in [-0.4, -0.2) is 40.9 Å².